The van der Waals surface area contributed by atoms with Gasteiger partial charge in [0.25, 0.3) is 0 Å². The number of rotatable bonds is 6. The lowest BCUT2D eigenvalue weighted by atomic mass is 10.2. The van der Waals surface area contributed by atoms with Crippen LogP contribution in [0.1, 0.15) is 26.3 Å². The summed E-state index contributed by atoms with van der Waals surface area (Å²) in [6, 6.07) is 6.24. The zero-order chi connectivity index (χ0) is 19.8. The fraction of sp³-hybridized carbons (Fsp3) is 0.500. The number of hydrogen-bond acceptors (Lipinski definition) is 5. The lowest BCUT2D eigenvalue weighted by molar-refractivity contribution is 0.0529. The van der Waals surface area contributed by atoms with E-state index in [9.17, 15) is 13.2 Å². The summed E-state index contributed by atoms with van der Waals surface area (Å²) >= 11 is 0. The summed E-state index contributed by atoms with van der Waals surface area (Å²) in [4.78, 5) is 15.7. The molecule has 0 saturated heterocycles. The molecular weight excluding hydrogens is 358 g/mol. The number of ether oxygens (including phenoxy) is 1. The van der Waals surface area contributed by atoms with E-state index in [-0.39, 0.29) is 4.90 Å². The minimum absolute atomic E-state index is 0.0666. The number of nitrogens with two attached hydrogens (primary N) is 1. The van der Waals surface area contributed by atoms with Gasteiger partial charge in [-0.15, -0.1) is 0 Å². The molecule has 146 valence electrons. The number of carbonyl (C=O) groups excluding carboxylic acids is 1. The largest absolute Gasteiger partial charge is 0.444 e. The molecule has 0 heterocycles. The van der Waals surface area contributed by atoms with Gasteiger partial charge in [0.1, 0.15) is 5.60 Å². The van der Waals surface area contributed by atoms with Gasteiger partial charge in [-0.3, -0.25) is 4.99 Å². The Morgan fingerprint density at radius 2 is 1.69 bits per heavy atom. The Labute approximate surface area is 154 Å². The van der Waals surface area contributed by atoms with E-state index in [0.29, 0.717) is 25.6 Å². The van der Waals surface area contributed by atoms with Crippen molar-refractivity contribution in [2.75, 3.05) is 20.1 Å². The van der Waals surface area contributed by atoms with Crippen LogP contribution in [-0.2, 0) is 21.3 Å². The summed E-state index contributed by atoms with van der Waals surface area (Å²) in [7, 11) is -2.06. The van der Waals surface area contributed by atoms with Gasteiger partial charge in [0.05, 0.1) is 4.90 Å². The number of alkyl carbamates (subject to hydrolysis) is 1. The second-order valence-electron chi connectivity index (χ2n) is 6.47. The molecule has 0 spiro atoms. The highest BCUT2D eigenvalue weighted by atomic mass is 32.2. The number of benzene rings is 1. The Bertz CT molecular complexity index is 724. The summed E-state index contributed by atoms with van der Waals surface area (Å²) in [5.41, 5.74) is 0.334. The number of nitrogens with one attached hydrogen (secondary N) is 3. The zero-order valence-electron chi connectivity index (χ0n) is 15.5. The van der Waals surface area contributed by atoms with Gasteiger partial charge in [-0.2, -0.15) is 0 Å². The lowest BCUT2D eigenvalue weighted by Crippen LogP contribution is -2.42. The lowest BCUT2D eigenvalue weighted by Gasteiger charge is -2.20. The van der Waals surface area contributed by atoms with Gasteiger partial charge in [-0.25, -0.2) is 18.4 Å². The van der Waals surface area contributed by atoms with Gasteiger partial charge < -0.3 is 20.7 Å². The van der Waals surface area contributed by atoms with Crippen molar-refractivity contribution in [3.63, 3.8) is 0 Å². The van der Waals surface area contributed by atoms with Crippen LogP contribution in [0.15, 0.2) is 34.2 Å². The van der Waals surface area contributed by atoms with Crippen LogP contribution in [0, 0.1) is 0 Å². The molecule has 1 aromatic carbocycles. The van der Waals surface area contributed by atoms with E-state index in [2.05, 4.69) is 20.9 Å². The van der Waals surface area contributed by atoms with E-state index in [1.807, 2.05) is 0 Å². The molecule has 5 N–H and O–H groups in total. The maximum absolute atomic E-state index is 11.5. The Kier molecular flexibility index (Phi) is 7.84. The van der Waals surface area contributed by atoms with Crippen LogP contribution < -0.4 is 21.1 Å². The number of sulfonamides is 1. The summed E-state index contributed by atoms with van der Waals surface area (Å²) in [5, 5.41) is 13.8. The first kappa shape index (κ1) is 21.7. The molecule has 0 bridgehead atoms. The molecule has 0 saturated carbocycles. The average Bonchev–Trinajstić information content (AvgIpc) is 2.52. The van der Waals surface area contributed by atoms with Crippen molar-refractivity contribution >= 4 is 22.1 Å². The van der Waals surface area contributed by atoms with Gasteiger partial charge in [-0.1, -0.05) is 12.1 Å². The molecule has 0 atom stereocenters. The number of hydrogen-bond donors (Lipinski definition) is 4. The first-order valence-electron chi connectivity index (χ1n) is 8.04. The molecule has 0 aliphatic rings. The molecule has 1 amide bonds. The SMILES string of the molecule is CN=C(NCCNC(=O)OC(C)(C)C)NCc1ccc(S(N)(=O)=O)cc1. The average molecular weight is 385 g/mol. The first-order chi connectivity index (χ1) is 12.0. The van der Waals surface area contributed by atoms with E-state index < -0.39 is 21.7 Å². The highest BCUT2D eigenvalue weighted by molar-refractivity contribution is 7.89. The fourth-order valence-corrected chi connectivity index (χ4v) is 2.38. The molecule has 0 aliphatic carbocycles. The molecule has 0 aliphatic heterocycles. The Hall–Kier alpha value is -2.33. The summed E-state index contributed by atoms with van der Waals surface area (Å²) in [5.74, 6) is 0.548. The summed E-state index contributed by atoms with van der Waals surface area (Å²) in [6.07, 6.45) is -0.475. The number of amides is 1. The number of primary sulfonamides is 1. The molecule has 26 heavy (non-hydrogen) atoms. The van der Waals surface area contributed by atoms with Crippen molar-refractivity contribution in [3.8, 4) is 0 Å². The van der Waals surface area contributed by atoms with Gasteiger partial charge in [0.2, 0.25) is 10.0 Å². The van der Waals surface area contributed by atoms with Crippen LogP contribution in [0.2, 0.25) is 0 Å². The molecule has 1 aromatic rings. The topological polar surface area (TPSA) is 135 Å². The second kappa shape index (κ2) is 9.39. The fourth-order valence-electron chi connectivity index (χ4n) is 1.86. The minimum Gasteiger partial charge on any atom is -0.444 e. The molecule has 9 nitrogen and oxygen atoms in total. The van der Waals surface area contributed by atoms with E-state index in [4.69, 9.17) is 9.88 Å². The van der Waals surface area contributed by atoms with Crippen molar-refractivity contribution in [3.05, 3.63) is 29.8 Å². The van der Waals surface area contributed by atoms with Crippen LogP contribution in [0.25, 0.3) is 0 Å². The van der Waals surface area contributed by atoms with E-state index in [0.717, 1.165) is 5.56 Å². The van der Waals surface area contributed by atoms with Crippen molar-refractivity contribution in [2.24, 2.45) is 10.1 Å². The third-order valence-corrected chi connectivity index (χ3v) is 3.95. The molecule has 10 heteroatoms. The van der Waals surface area contributed by atoms with Crippen LogP contribution >= 0.6 is 0 Å². The highest BCUT2D eigenvalue weighted by Gasteiger charge is 2.15. The number of nitrogens with zero attached hydrogens (tertiary/aromatic N) is 1. The van der Waals surface area contributed by atoms with Gasteiger partial charge in [0, 0.05) is 26.7 Å². The van der Waals surface area contributed by atoms with Crippen LogP contribution in [0.3, 0.4) is 0 Å². The number of carbonyl (C=O) groups is 1. The maximum Gasteiger partial charge on any atom is 0.407 e. The summed E-state index contributed by atoms with van der Waals surface area (Å²) < 4.78 is 27.6. The third kappa shape index (κ3) is 8.67. The molecule has 0 unspecified atom stereocenters. The second-order valence-corrected chi connectivity index (χ2v) is 8.03. The first-order valence-corrected chi connectivity index (χ1v) is 9.59. The zero-order valence-corrected chi connectivity index (χ0v) is 16.3. The third-order valence-electron chi connectivity index (χ3n) is 3.02. The monoisotopic (exact) mass is 385 g/mol. The van der Waals surface area contributed by atoms with Crippen molar-refractivity contribution in [1.29, 1.82) is 0 Å². The van der Waals surface area contributed by atoms with E-state index in [1.165, 1.54) is 12.1 Å². The Balaban J connectivity index is 2.36. The predicted octanol–water partition coefficient (Wildman–Crippen LogP) is 0.524. The highest BCUT2D eigenvalue weighted by Crippen LogP contribution is 2.08. The predicted molar refractivity (Wildman–Crippen MR) is 100 cm³/mol. The van der Waals surface area contributed by atoms with Crippen molar-refractivity contribution < 1.29 is 17.9 Å². The van der Waals surface area contributed by atoms with Gasteiger partial charge in [-0.05, 0) is 38.5 Å². The van der Waals surface area contributed by atoms with Crippen molar-refractivity contribution in [1.82, 2.24) is 16.0 Å². The molecule has 1 rings (SSSR count). The molecular formula is C16H27N5O4S. The number of guanidine groups is 1. The molecule has 0 aromatic heterocycles. The van der Waals surface area contributed by atoms with Gasteiger partial charge in [0.15, 0.2) is 5.96 Å². The standard InChI is InChI=1S/C16H27N5O4S/c1-16(2,3)25-15(22)20-10-9-19-14(18-4)21-11-12-5-7-13(8-6-12)26(17,23)24/h5-8H,9-11H2,1-4H3,(H,20,22)(H2,17,23,24)(H2,18,19,21). The van der Waals surface area contributed by atoms with Crippen LogP contribution in [0.5, 0.6) is 0 Å². The maximum atomic E-state index is 11.5. The van der Waals surface area contributed by atoms with Crippen LogP contribution in [0.4, 0.5) is 4.79 Å². The minimum atomic E-state index is -3.69. The quantitative estimate of drug-likeness (QED) is 0.320. The molecule has 0 radical (unpaired) electrons. The Morgan fingerprint density at radius 1 is 1.12 bits per heavy atom. The van der Waals surface area contributed by atoms with Crippen molar-refractivity contribution in [2.45, 2.75) is 37.8 Å². The molecule has 0 fully saturated rings. The summed E-state index contributed by atoms with van der Waals surface area (Å²) in [6.45, 7) is 6.68. The normalized spacial score (nSPS) is 12.4. The van der Waals surface area contributed by atoms with E-state index in [1.54, 1.807) is 40.0 Å². The van der Waals surface area contributed by atoms with Gasteiger partial charge >= 0.3 is 6.09 Å². The smallest absolute Gasteiger partial charge is 0.407 e. The number of aliphatic imine (C=N–C) groups is 1. The Morgan fingerprint density at radius 3 is 2.19 bits per heavy atom. The van der Waals surface area contributed by atoms with E-state index >= 15 is 0 Å². The van der Waals surface area contributed by atoms with Crippen LogP contribution in [-0.4, -0.2) is 46.2 Å².